The second-order valence-electron chi connectivity index (χ2n) is 2.14. The molecule has 1 rings (SSSR count). The number of hydrogen-bond donors (Lipinski definition) is 0. The molecule has 0 saturated carbocycles. The van der Waals surface area contributed by atoms with Crippen molar-refractivity contribution < 1.29 is 4.79 Å². The van der Waals surface area contributed by atoms with E-state index in [9.17, 15) is 4.79 Å². The fraction of sp³-hybridized carbons (Fsp3) is 0.667. The lowest BCUT2D eigenvalue weighted by Gasteiger charge is -2.25. The number of rotatable bonds is 0. The molecule has 10 heavy (non-hydrogen) atoms. The van der Waals surface area contributed by atoms with Gasteiger partial charge in [0.1, 0.15) is 4.32 Å². The smallest absolute Gasteiger partial charge is 0.224 e. The summed E-state index contributed by atoms with van der Waals surface area (Å²) in [6.07, 6.45) is 1.06. The Bertz CT molecular complexity index is 169. The molecule has 0 radical (unpaired) electrons. The molecule has 1 aliphatic rings. The van der Waals surface area contributed by atoms with Gasteiger partial charge >= 0.3 is 0 Å². The number of hydrogen-bond acceptors (Lipinski definition) is 3. The Balaban J connectivity index is 2.56. The first-order valence-electron chi connectivity index (χ1n) is 3.16. The van der Waals surface area contributed by atoms with Crippen LogP contribution in [0.4, 0.5) is 0 Å². The number of carbonyl (C=O) groups is 1. The lowest BCUT2D eigenvalue weighted by atomic mass is 10.4. The number of carbonyl (C=O) groups excluding carboxylic acids is 1. The molecule has 0 aliphatic carbocycles. The normalized spacial score (nSPS) is 19.3. The summed E-state index contributed by atoms with van der Waals surface area (Å²) in [5.41, 5.74) is 0. The Morgan fingerprint density at radius 1 is 1.80 bits per heavy atom. The minimum atomic E-state index is 0.0669. The van der Waals surface area contributed by atoms with E-state index < -0.39 is 0 Å². The Hall–Kier alpha value is -0.0900. The largest absolute Gasteiger partial charge is 0.298 e. The lowest BCUT2D eigenvalue weighted by Crippen LogP contribution is -2.36. The first-order chi connectivity index (χ1) is 4.72. The summed E-state index contributed by atoms with van der Waals surface area (Å²) < 4.78 is 0.735. The third kappa shape index (κ3) is 1.70. The molecule has 1 amide bonds. The predicted molar refractivity (Wildman–Crippen MR) is 47.1 cm³/mol. The maximum Gasteiger partial charge on any atom is 0.224 e. The standard InChI is InChI=1S/C6H9NOS2/c1-5(8)7-3-2-4-10-6(7)9/h2-4H2,1H3. The van der Waals surface area contributed by atoms with E-state index >= 15 is 0 Å². The highest BCUT2D eigenvalue weighted by Gasteiger charge is 2.17. The van der Waals surface area contributed by atoms with Crippen LogP contribution >= 0.6 is 24.0 Å². The average molecular weight is 175 g/mol. The van der Waals surface area contributed by atoms with Crippen LogP contribution in [0.15, 0.2) is 0 Å². The van der Waals surface area contributed by atoms with E-state index in [4.69, 9.17) is 12.2 Å². The maximum atomic E-state index is 10.8. The van der Waals surface area contributed by atoms with Crippen molar-refractivity contribution >= 4 is 34.2 Å². The van der Waals surface area contributed by atoms with Gasteiger partial charge < -0.3 is 0 Å². The molecule has 1 aliphatic heterocycles. The quantitative estimate of drug-likeness (QED) is 0.517. The molecule has 2 nitrogen and oxygen atoms in total. The molecule has 0 unspecified atom stereocenters. The zero-order valence-corrected chi connectivity index (χ0v) is 7.43. The minimum absolute atomic E-state index is 0.0669. The SMILES string of the molecule is CC(=O)N1CCCSC1=S. The van der Waals surface area contributed by atoms with Crippen LogP contribution in [0.2, 0.25) is 0 Å². The zero-order chi connectivity index (χ0) is 7.56. The molecular weight excluding hydrogens is 166 g/mol. The number of amides is 1. The summed E-state index contributed by atoms with van der Waals surface area (Å²) in [5, 5.41) is 0. The van der Waals surface area contributed by atoms with E-state index in [-0.39, 0.29) is 5.91 Å². The number of thioether (sulfide) groups is 1. The molecular formula is C6H9NOS2. The van der Waals surface area contributed by atoms with Crippen LogP contribution in [0.3, 0.4) is 0 Å². The van der Waals surface area contributed by atoms with Crippen molar-refractivity contribution in [2.75, 3.05) is 12.3 Å². The second-order valence-corrected chi connectivity index (χ2v) is 3.87. The molecule has 56 valence electrons. The van der Waals surface area contributed by atoms with Gasteiger partial charge in [-0.05, 0) is 6.42 Å². The highest BCUT2D eigenvalue weighted by atomic mass is 32.2. The van der Waals surface area contributed by atoms with Crippen LogP contribution in [-0.4, -0.2) is 27.4 Å². The molecule has 0 N–H and O–H groups in total. The van der Waals surface area contributed by atoms with Crippen molar-refractivity contribution in [1.82, 2.24) is 4.90 Å². The molecule has 0 aromatic carbocycles. The summed E-state index contributed by atoms with van der Waals surface area (Å²) in [5.74, 6) is 1.13. The van der Waals surface area contributed by atoms with E-state index in [0.717, 1.165) is 23.0 Å². The van der Waals surface area contributed by atoms with Gasteiger partial charge in [0.25, 0.3) is 0 Å². The Labute approximate surface area is 70.0 Å². The Kier molecular flexibility index (Phi) is 2.68. The van der Waals surface area contributed by atoms with Gasteiger partial charge in [-0.1, -0.05) is 24.0 Å². The average Bonchev–Trinajstić information content (AvgIpc) is 1.88. The van der Waals surface area contributed by atoms with Gasteiger partial charge in [0, 0.05) is 19.2 Å². The van der Waals surface area contributed by atoms with Crippen LogP contribution in [-0.2, 0) is 4.79 Å². The molecule has 0 atom stereocenters. The first kappa shape index (κ1) is 8.01. The van der Waals surface area contributed by atoms with E-state index in [1.54, 1.807) is 23.6 Å². The molecule has 0 aromatic heterocycles. The summed E-state index contributed by atoms with van der Waals surface area (Å²) >= 11 is 6.56. The maximum absolute atomic E-state index is 10.8. The second kappa shape index (κ2) is 3.34. The number of thiocarbonyl (C=S) groups is 1. The summed E-state index contributed by atoms with van der Waals surface area (Å²) in [6.45, 7) is 2.36. The van der Waals surface area contributed by atoms with Gasteiger partial charge in [-0.3, -0.25) is 9.69 Å². The van der Waals surface area contributed by atoms with Crippen molar-refractivity contribution in [3.8, 4) is 0 Å². The Morgan fingerprint density at radius 2 is 2.50 bits per heavy atom. The Morgan fingerprint density at radius 3 is 2.90 bits per heavy atom. The lowest BCUT2D eigenvalue weighted by molar-refractivity contribution is -0.124. The highest BCUT2D eigenvalue weighted by molar-refractivity contribution is 8.23. The van der Waals surface area contributed by atoms with Gasteiger partial charge in [0.2, 0.25) is 5.91 Å². The summed E-state index contributed by atoms with van der Waals surface area (Å²) in [4.78, 5) is 12.5. The van der Waals surface area contributed by atoms with Crippen molar-refractivity contribution in [3.63, 3.8) is 0 Å². The van der Waals surface area contributed by atoms with Crippen molar-refractivity contribution in [1.29, 1.82) is 0 Å². The molecule has 1 fully saturated rings. The molecule has 1 saturated heterocycles. The third-order valence-electron chi connectivity index (χ3n) is 1.35. The van der Waals surface area contributed by atoms with E-state index in [1.807, 2.05) is 0 Å². The monoisotopic (exact) mass is 175 g/mol. The number of nitrogens with zero attached hydrogens (tertiary/aromatic N) is 1. The van der Waals surface area contributed by atoms with Crippen LogP contribution in [0.25, 0.3) is 0 Å². The van der Waals surface area contributed by atoms with E-state index in [0.29, 0.717) is 0 Å². The molecule has 1 heterocycles. The zero-order valence-electron chi connectivity index (χ0n) is 5.79. The molecule has 4 heteroatoms. The van der Waals surface area contributed by atoms with Gasteiger partial charge in [0.05, 0.1) is 0 Å². The fourth-order valence-corrected chi connectivity index (χ4v) is 2.13. The van der Waals surface area contributed by atoms with E-state index in [1.165, 1.54) is 0 Å². The topological polar surface area (TPSA) is 20.3 Å². The van der Waals surface area contributed by atoms with Crippen LogP contribution in [0, 0.1) is 0 Å². The van der Waals surface area contributed by atoms with Crippen LogP contribution < -0.4 is 0 Å². The van der Waals surface area contributed by atoms with Gasteiger partial charge in [-0.2, -0.15) is 0 Å². The summed E-state index contributed by atoms with van der Waals surface area (Å²) in [6, 6.07) is 0. The van der Waals surface area contributed by atoms with Gasteiger partial charge in [0.15, 0.2) is 0 Å². The molecule has 0 spiro atoms. The van der Waals surface area contributed by atoms with Crippen LogP contribution in [0.5, 0.6) is 0 Å². The van der Waals surface area contributed by atoms with E-state index in [2.05, 4.69) is 0 Å². The third-order valence-corrected chi connectivity index (χ3v) is 2.89. The highest BCUT2D eigenvalue weighted by Crippen LogP contribution is 2.17. The fourth-order valence-electron chi connectivity index (χ4n) is 0.837. The minimum Gasteiger partial charge on any atom is -0.298 e. The van der Waals surface area contributed by atoms with Crippen molar-refractivity contribution in [2.45, 2.75) is 13.3 Å². The molecule has 0 bridgehead atoms. The van der Waals surface area contributed by atoms with Gasteiger partial charge in [-0.25, -0.2) is 0 Å². The van der Waals surface area contributed by atoms with Gasteiger partial charge in [-0.15, -0.1) is 0 Å². The van der Waals surface area contributed by atoms with Crippen molar-refractivity contribution in [3.05, 3.63) is 0 Å². The van der Waals surface area contributed by atoms with Crippen molar-refractivity contribution in [2.24, 2.45) is 0 Å². The first-order valence-corrected chi connectivity index (χ1v) is 4.56. The summed E-state index contributed by atoms with van der Waals surface area (Å²) in [7, 11) is 0. The van der Waals surface area contributed by atoms with Crippen LogP contribution in [0.1, 0.15) is 13.3 Å². The predicted octanol–water partition coefficient (Wildman–Crippen LogP) is 1.26. The molecule has 0 aromatic rings.